The first-order chi connectivity index (χ1) is 64.2. The number of amides is 6. The van der Waals surface area contributed by atoms with Gasteiger partial charge in [-0.05, 0) is 47.1 Å². The molecule has 0 saturated carbocycles. The summed E-state index contributed by atoms with van der Waals surface area (Å²) in [6, 6.07) is 15.7. The molecule has 2 atom stereocenters. The van der Waals surface area contributed by atoms with Crippen LogP contribution in [-0.2, 0) is 126 Å². The average Bonchev–Trinajstić information content (AvgIpc) is 1.69. The van der Waals surface area contributed by atoms with E-state index in [1.54, 1.807) is 13.4 Å². The Bertz CT molecular complexity index is 4830. The molecule has 2 unspecified atom stereocenters. The normalized spacial score (nSPS) is 13.6. The summed E-state index contributed by atoms with van der Waals surface area (Å²) in [4.78, 5) is 125. The molecule has 6 amide bonds. The molecule has 10 rings (SSSR count). The summed E-state index contributed by atoms with van der Waals surface area (Å²) in [6.45, 7) is 8.39. The number of fused-ring (bicyclic) bond motifs is 3. The number of rotatable bonds is 73. The Labute approximate surface area is 757 Å². The Morgan fingerprint density at radius 1 is 0.427 bits per heavy atom. The fraction of sp³-hybridized carbons (Fsp3) is 0.529. The van der Waals surface area contributed by atoms with E-state index < -0.39 is 11.4 Å². The van der Waals surface area contributed by atoms with E-state index in [1.165, 1.54) is 37.3 Å². The van der Waals surface area contributed by atoms with Crippen molar-refractivity contribution in [3.05, 3.63) is 138 Å². The molecule has 8 aromatic rings. The number of hydrogen-bond acceptors (Lipinski definition) is 36. The average molecular weight is 1830 g/mol. The SMILES string of the molecule is CNc1nc(OCc2ccc(COCCOCCO/C=C/OCCNC(=O)CCOCC(COCCC(=O)NCCOCCOCCOCCOCc3ccc(COc4nc(N)nc5[nH]cnc45)cc3)(COCCC(=O)NCCOCCOCCOCCOCC3C=CC(COc4nc(N)nc5[nH]cnc45)=CC3)NC(=O)CCCCCN3C(=O)C=CC3=O)cc2)c2nc[nH]c2n1. The van der Waals surface area contributed by atoms with E-state index in [9.17, 15) is 28.8 Å². The first-order valence-corrected chi connectivity index (χ1v) is 43.5. The Hall–Kier alpha value is -12.1. The van der Waals surface area contributed by atoms with Gasteiger partial charge < -0.3 is 138 Å². The van der Waals surface area contributed by atoms with Crippen molar-refractivity contribution < 1.29 is 114 Å². The van der Waals surface area contributed by atoms with Gasteiger partial charge in [0.15, 0.2) is 33.5 Å². The second kappa shape index (κ2) is 59.3. The summed E-state index contributed by atoms with van der Waals surface area (Å²) < 4.78 is 104. The number of aromatic amines is 3. The van der Waals surface area contributed by atoms with Crippen molar-refractivity contribution in [1.82, 2.24) is 86.0 Å². The zero-order valence-electron chi connectivity index (χ0n) is 73.8. The minimum atomic E-state index is -1.39. The van der Waals surface area contributed by atoms with Crippen molar-refractivity contribution in [2.45, 2.75) is 83.3 Å². The first-order valence-electron chi connectivity index (χ1n) is 43.5. The van der Waals surface area contributed by atoms with Crippen molar-refractivity contribution in [1.29, 1.82) is 0 Å². The monoisotopic (exact) mass is 1830 g/mol. The molecule has 12 N–H and O–H groups in total. The van der Waals surface area contributed by atoms with Crippen LogP contribution >= 0.6 is 0 Å². The van der Waals surface area contributed by atoms with Gasteiger partial charge in [-0.3, -0.25) is 33.7 Å². The number of imide groups is 1. The van der Waals surface area contributed by atoms with Crippen LogP contribution in [0.1, 0.15) is 73.6 Å². The Balaban J connectivity index is 0.581. The molecule has 0 fully saturated rings. The van der Waals surface area contributed by atoms with Gasteiger partial charge in [0.2, 0.25) is 59.1 Å². The zero-order valence-corrected chi connectivity index (χ0v) is 73.8. The number of ether oxygens (including phenoxy) is 18. The van der Waals surface area contributed by atoms with Gasteiger partial charge in [-0.15, -0.1) is 0 Å². The third-order valence-corrected chi connectivity index (χ3v) is 19.3. The Kier molecular flexibility index (Phi) is 45.8. The summed E-state index contributed by atoms with van der Waals surface area (Å²) in [7, 11) is 1.73. The predicted molar refractivity (Wildman–Crippen MR) is 473 cm³/mol. The van der Waals surface area contributed by atoms with Crippen LogP contribution in [0, 0.1) is 5.92 Å². The molecule has 44 heteroatoms. The van der Waals surface area contributed by atoms with Gasteiger partial charge in [-0.2, -0.15) is 29.9 Å². The number of carbonyl (C=O) groups is 6. The fourth-order valence-corrected chi connectivity index (χ4v) is 12.5. The van der Waals surface area contributed by atoms with E-state index in [1.807, 2.05) is 54.6 Å². The van der Waals surface area contributed by atoms with Crippen LogP contribution in [0.4, 0.5) is 17.8 Å². The van der Waals surface area contributed by atoms with Crippen molar-refractivity contribution in [2.24, 2.45) is 5.92 Å². The lowest BCUT2D eigenvalue weighted by Gasteiger charge is -2.34. The number of nitrogens with two attached hydrogens (primary N) is 2. The van der Waals surface area contributed by atoms with Crippen molar-refractivity contribution in [2.75, 3.05) is 228 Å². The first kappa shape index (κ1) is 101. The van der Waals surface area contributed by atoms with Crippen molar-refractivity contribution in [3.8, 4) is 17.6 Å². The van der Waals surface area contributed by atoms with Gasteiger partial charge in [0.05, 0.1) is 197 Å². The largest absolute Gasteiger partial charge is 0.496 e. The van der Waals surface area contributed by atoms with Gasteiger partial charge in [-0.25, -0.2) is 15.0 Å². The Morgan fingerprint density at radius 3 is 1.29 bits per heavy atom. The molecule has 44 nitrogen and oxygen atoms in total. The number of H-pyrrole nitrogens is 3. The Morgan fingerprint density at radius 2 is 0.832 bits per heavy atom. The van der Waals surface area contributed by atoms with Gasteiger partial charge >= 0.3 is 0 Å². The minimum Gasteiger partial charge on any atom is -0.496 e. The van der Waals surface area contributed by atoms with Gasteiger partial charge in [0.1, 0.15) is 51.1 Å². The summed E-state index contributed by atoms with van der Waals surface area (Å²) in [5.41, 5.74) is 18.2. The highest BCUT2D eigenvalue weighted by Gasteiger charge is 2.34. The zero-order chi connectivity index (χ0) is 91.8. The molecule has 131 heavy (non-hydrogen) atoms. The minimum absolute atomic E-state index is 0.0411. The number of allylic oxidation sites excluding steroid dienone is 1. The van der Waals surface area contributed by atoms with Crippen LogP contribution in [0.3, 0.4) is 0 Å². The maximum absolute atomic E-state index is 13.9. The molecular formula is C87H120N20O24. The summed E-state index contributed by atoms with van der Waals surface area (Å²) in [5.74, 6) is -0.317. The van der Waals surface area contributed by atoms with E-state index >= 15 is 0 Å². The highest BCUT2D eigenvalue weighted by atomic mass is 16.6. The molecule has 2 aromatic carbocycles. The van der Waals surface area contributed by atoms with Crippen molar-refractivity contribution >= 4 is 86.8 Å². The van der Waals surface area contributed by atoms with E-state index in [0.29, 0.717) is 202 Å². The molecule has 0 saturated heterocycles. The lowest BCUT2D eigenvalue weighted by molar-refractivity contribution is -0.137. The molecule has 1 aliphatic carbocycles. The number of unbranched alkanes of at least 4 members (excludes halogenated alkanes) is 2. The number of aromatic nitrogens is 12. The predicted octanol–water partition coefficient (Wildman–Crippen LogP) is 3.91. The molecule has 2 aliphatic rings. The number of carbonyl (C=O) groups excluding carboxylic acids is 6. The molecule has 7 heterocycles. The van der Waals surface area contributed by atoms with E-state index in [0.717, 1.165) is 39.1 Å². The summed E-state index contributed by atoms with van der Waals surface area (Å²) >= 11 is 0. The lowest BCUT2D eigenvalue weighted by atomic mass is 9.98. The highest BCUT2D eigenvalue weighted by molar-refractivity contribution is 6.12. The maximum atomic E-state index is 13.9. The van der Waals surface area contributed by atoms with E-state index in [4.69, 9.17) is 96.7 Å². The quantitative estimate of drug-likeness (QED) is 0.0147. The molecule has 0 spiro atoms. The van der Waals surface area contributed by atoms with Gasteiger partial charge in [0, 0.05) is 70.4 Å². The molecule has 712 valence electrons. The smallest absolute Gasteiger partial charge is 0.253 e. The maximum Gasteiger partial charge on any atom is 0.253 e. The molecule has 0 radical (unpaired) electrons. The van der Waals surface area contributed by atoms with Crippen LogP contribution in [-0.4, -0.2) is 317 Å². The van der Waals surface area contributed by atoms with Crippen LogP contribution in [0.2, 0.25) is 0 Å². The van der Waals surface area contributed by atoms with E-state index in [-0.39, 0.29) is 178 Å². The summed E-state index contributed by atoms with van der Waals surface area (Å²) in [5, 5.41) is 14.4. The van der Waals surface area contributed by atoms with Crippen molar-refractivity contribution in [3.63, 3.8) is 0 Å². The number of anilines is 3. The van der Waals surface area contributed by atoms with Crippen LogP contribution in [0.15, 0.2) is 116 Å². The molecular weight excluding hydrogens is 1710 g/mol. The summed E-state index contributed by atoms with van der Waals surface area (Å²) in [6.07, 6.45) is 18.0. The van der Waals surface area contributed by atoms with E-state index in [2.05, 4.69) is 98.5 Å². The number of benzene rings is 2. The van der Waals surface area contributed by atoms with Crippen LogP contribution < -0.4 is 52.3 Å². The van der Waals surface area contributed by atoms with Gasteiger partial charge in [-0.1, -0.05) is 73.2 Å². The number of nitrogens with one attached hydrogen (secondary N) is 8. The molecule has 0 bridgehead atoms. The number of hydrogen-bond donors (Lipinski definition) is 10. The second-order valence-corrected chi connectivity index (χ2v) is 29.5. The van der Waals surface area contributed by atoms with Gasteiger partial charge in [0.25, 0.3) is 11.8 Å². The topological polar surface area (TPSA) is 547 Å². The van der Waals surface area contributed by atoms with Crippen LogP contribution in [0.5, 0.6) is 17.6 Å². The standard InChI is InChI=1S/C87H120N20O24/c1-90-86-102-80-77(96-62-99-80)83(105-86)131-56-68-16-10-65(11-17-68)53-125-50-47-122-44-41-119-38-35-116-32-25-93-71(110)22-29-128-59-87(106-72(111)5-3-2-4-26-107-73(112)18-19-74(107)113,57-126-27-20-69(108)91-23-30-114-33-36-117-39-42-120-45-48-123-51-63-6-12-66(13-7-63)54-129-81-75-78(97-60-94-75)100-84(88)103-81)58-127-28-21-70(109)92-24-31-115-34-37-118-40-43-121-46-49-124-52-64-8-14-67(15-9-64)55-130-82-76-79(98-61-95-76)101-85(89)104-82/h6-8,10-19,35,38,60-62,64H,2-5,9,20-34,36-37,39-59H2,1H3,(H,91,108)(H,92,109)(H,93,110)(H,106,111)(H3,88,94,97,100,103)(H3,89,95,98,101,104)(H2,90,96,99,102,105)/b38-35+. The molecule has 6 aromatic heterocycles. The third kappa shape index (κ3) is 38.9. The van der Waals surface area contributed by atoms with Crippen LogP contribution in [0.25, 0.3) is 33.5 Å². The second-order valence-electron chi connectivity index (χ2n) is 29.5. The molecule has 1 aliphatic heterocycles. The number of imidazole rings is 3. The lowest BCUT2D eigenvalue weighted by Crippen LogP contribution is -2.58. The highest BCUT2D eigenvalue weighted by Crippen LogP contribution is 2.26. The number of nitrogens with zero attached hydrogens (tertiary/aromatic N) is 10. The third-order valence-electron chi connectivity index (χ3n) is 19.3. The number of nitrogen functional groups attached to an aromatic ring is 2. The fourth-order valence-electron chi connectivity index (χ4n) is 12.5.